The maximum absolute atomic E-state index is 10.7. The predicted molar refractivity (Wildman–Crippen MR) is 76.6 cm³/mol. The maximum atomic E-state index is 10.7. The van der Waals surface area contributed by atoms with Gasteiger partial charge in [0.15, 0.2) is 0 Å². The summed E-state index contributed by atoms with van der Waals surface area (Å²) in [5.74, 6) is 5.45. The van der Waals surface area contributed by atoms with E-state index in [9.17, 15) is 4.79 Å². The van der Waals surface area contributed by atoms with Crippen LogP contribution in [0.25, 0.3) is 0 Å². The summed E-state index contributed by atoms with van der Waals surface area (Å²) >= 11 is 0. The lowest BCUT2D eigenvalue weighted by atomic mass is 10.2. The van der Waals surface area contributed by atoms with Crippen LogP contribution in [0.1, 0.15) is 15.9 Å². The van der Waals surface area contributed by atoms with Gasteiger partial charge in [-0.3, -0.25) is 0 Å². The second kappa shape index (κ2) is 6.30. The Balaban J connectivity index is 1.90. The molecular weight excluding hydrogens is 254 g/mol. The predicted octanol–water partition coefficient (Wildman–Crippen LogP) is 2.40. The van der Waals surface area contributed by atoms with Crippen LogP contribution in [0.3, 0.4) is 0 Å². The Labute approximate surface area is 116 Å². The molecule has 100 valence electrons. The van der Waals surface area contributed by atoms with E-state index in [1.165, 1.54) is 12.1 Å². The third-order valence-corrected chi connectivity index (χ3v) is 2.56. The molecule has 2 aromatic rings. The lowest BCUT2D eigenvalue weighted by Gasteiger charge is -2.01. The van der Waals surface area contributed by atoms with Gasteiger partial charge >= 0.3 is 5.97 Å². The van der Waals surface area contributed by atoms with E-state index < -0.39 is 5.97 Å². The molecule has 20 heavy (non-hydrogen) atoms. The fraction of sp³-hybridized carbons (Fsp3) is 0.0625. The van der Waals surface area contributed by atoms with Crippen LogP contribution < -0.4 is 10.5 Å². The molecule has 4 heteroatoms. The van der Waals surface area contributed by atoms with Crippen molar-refractivity contribution in [3.63, 3.8) is 0 Å². The quantitative estimate of drug-likeness (QED) is 0.661. The molecule has 2 rings (SSSR count). The molecule has 0 bridgehead atoms. The number of nitrogen functional groups attached to an aromatic ring is 1. The van der Waals surface area contributed by atoms with Crippen molar-refractivity contribution in [3.8, 4) is 17.6 Å². The first-order chi connectivity index (χ1) is 9.65. The first kappa shape index (κ1) is 13.5. The molecule has 0 saturated heterocycles. The Bertz CT molecular complexity index is 649. The standard InChI is InChI=1S/C16H13NO3/c17-14-7-3-12(4-8-14)2-1-11-20-15-9-5-13(6-10-15)16(18)19/h3-10H,11,17H2,(H,18,19). The van der Waals surface area contributed by atoms with Gasteiger partial charge in [-0.05, 0) is 48.5 Å². The van der Waals surface area contributed by atoms with Crippen molar-refractivity contribution in [1.82, 2.24) is 0 Å². The zero-order chi connectivity index (χ0) is 14.4. The minimum Gasteiger partial charge on any atom is -0.481 e. The van der Waals surface area contributed by atoms with Gasteiger partial charge in [0, 0.05) is 11.3 Å². The minimum atomic E-state index is -0.959. The van der Waals surface area contributed by atoms with Gasteiger partial charge in [-0.2, -0.15) is 0 Å². The van der Waals surface area contributed by atoms with Crippen molar-refractivity contribution >= 4 is 11.7 Å². The van der Waals surface area contributed by atoms with E-state index in [0.717, 1.165) is 5.56 Å². The van der Waals surface area contributed by atoms with E-state index in [4.69, 9.17) is 15.6 Å². The van der Waals surface area contributed by atoms with Crippen LogP contribution in [-0.4, -0.2) is 17.7 Å². The Morgan fingerprint density at radius 3 is 2.35 bits per heavy atom. The van der Waals surface area contributed by atoms with Gasteiger partial charge in [0.2, 0.25) is 0 Å². The number of benzene rings is 2. The fourth-order valence-corrected chi connectivity index (χ4v) is 1.52. The molecule has 0 fully saturated rings. The van der Waals surface area contributed by atoms with Crippen molar-refractivity contribution in [2.45, 2.75) is 0 Å². The van der Waals surface area contributed by atoms with Gasteiger partial charge in [-0.25, -0.2) is 4.79 Å². The average Bonchev–Trinajstić information content (AvgIpc) is 2.46. The summed E-state index contributed by atoms with van der Waals surface area (Å²) in [5, 5.41) is 8.76. The molecule has 0 radical (unpaired) electrons. The van der Waals surface area contributed by atoms with Crippen molar-refractivity contribution in [2.24, 2.45) is 0 Å². The first-order valence-electron chi connectivity index (χ1n) is 5.96. The molecule has 2 aromatic carbocycles. The summed E-state index contributed by atoms with van der Waals surface area (Å²) in [6.07, 6.45) is 0. The number of carbonyl (C=O) groups is 1. The summed E-state index contributed by atoms with van der Waals surface area (Å²) in [6.45, 7) is 0.233. The van der Waals surface area contributed by atoms with Gasteiger partial charge in [-0.15, -0.1) is 0 Å². The van der Waals surface area contributed by atoms with E-state index in [1.807, 2.05) is 12.1 Å². The fourth-order valence-electron chi connectivity index (χ4n) is 1.52. The zero-order valence-electron chi connectivity index (χ0n) is 10.7. The molecule has 0 saturated carbocycles. The number of nitrogens with two attached hydrogens (primary N) is 1. The zero-order valence-corrected chi connectivity index (χ0v) is 10.7. The molecule has 0 aliphatic heterocycles. The van der Waals surface area contributed by atoms with Gasteiger partial charge < -0.3 is 15.6 Å². The smallest absolute Gasteiger partial charge is 0.335 e. The van der Waals surface area contributed by atoms with Gasteiger partial charge in [0.05, 0.1) is 5.56 Å². The van der Waals surface area contributed by atoms with E-state index in [1.54, 1.807) is 24.3 Å². The number of rotatable bonds is 3. The van der Waals surface area contributed by atoms with Crippen LogP contribution in [0.2, 0.25) is 0 Å². The van der Waals surface area contributed by atoms with Gasteiger partial charge in [0.25, 0.3) is 0 Å². The van der Waals surface area contributed by atoms with Crippen LogP contribution in [0.15, 0.2) is 48.5 Å². The largest absolute Gasteiger partial charge is 0.481 e. The summed E-state index contributed by atoms with van der Waals surface area (Å²) in [5.41, 5.74) is 7.37. The van der Waals surface area contributed by atoms with Crippen LogP contribution in [0, 0.1) is 11.8 Å². The molecule has 3 N–H and O–H groups in total. The number of carboxylic acid groups (broad SMARTS) is 1. The first-order valence-corrected chi connectivity index (χ1v) is 5.96. The molecule has 0 aliphatic carbocycles. The summed E-state index contributed by atoms with van der Waals surface area (Å²) in [4.78, 5) is 10.7. The second-order valence-electron chi connectivity index (χ2n) is 4.04. The third kappa shape index (κ3) is 3.79. The second-order valence-corrected chi connectivity index (χ2v) is 4.04. The molecular formula is C16H13NO3. The Morgan fingerprint density at radius 2 is 1.75 bits per heavy atom. The third-order valence-electron chi connectivity index (χ3n) is 2.56. The molecule has 0 heterocycles. The molecule has 0 atom stereocenters. The minimum absolute atomic E-state index is 0.227. The molecule has 0 unspecified atom stereocenters. The van der Waals surface area contributed by atoms with Crippen molar-refractivity contribution in [2.75, 3.05) is 12.3 Å². The summed E-state index contributed by atoms with van der Waals surface area (Å²) < 4.78 is 5.39. The SMILES string of the molecule is Nc1ccc(C#CCOc2ccc(C(=O)O)cc2)cc1. The van der Waals surface area contributed by atoms with Crippen LogP contribution in [0.4, 0.5) is 5.69 Å². The lowest BCUT2D eigenvalue weighted by Crippen LogP contribution is -1.97. The molecule has 0 amide bonds. The normalized spacial score (nSPS) is 9.40. The number of ether oxygens (including phenoxy) is 1. The van der Waals surface area contributed by atoms with Crippen LogP contribution in [-0.2, 0) is 0 Å². The maximum Gasteiger partial charge on any atom is 0.335 e. The number of aromatic carboxylic acids is 1. The molecule has 0 aliphatic rings. The summed E-state index contributed by atoms with van der Waals surface area (Å²) in [7, 11) is 0. The van der Waals surface area contributed by atoms with Crippen LogP contribution in [0.5, 0.6) is 5.75 Å². The Morgan fingerprint density at radius 1 is 1.10 bits per heavy atom. The Hall–Kier alpha value is -2.93. The number of carboxylic acids is 1. The highest BCUT2D eigenvalue weighted by Gasteiger charge is 2.01. The Kier molecular flexibility index (Phi) is 4.25. The van der Waals surface area contributed by atoms with Crippen LogP contribution >= 0.6 is 0 Å². The van der Waals surface area contributed by atoms with E-state index in [0.29, 0.717) is 11.4 Å². The molecule has 0 spiro atoms. The van der Waals surface area contributed by atoms with E-state index >= 15 is 0 Å². The lowest BCUT2D eigenvalue weighted by molar-refractivity contribution is 0.0697. The topological polar surface area (TPSA) is 72.5 Å². The number of hydrogen-bond acceptors (Lipinski definition) is 3. The van der Waals surface area contributed by atoms with Gasteiger partial charge in [0.1, 0.15) is 12.4 Å². The molecule has 0 aromatic heterocycles. The highest BCUT2D eigenvalue weighted by molar-refractivity contribution is 5.87. The number of anilines is 1. The average molecular weight is 267 g/mol. The highest BCUT2D eigenvalue weighted by Crippen LogP contribution is 2.11. The monoisotopic (exact) mass is 267 g/mol. The van der Waals surface area contributed by atoms with Crippen molar-refractivity contribution in [3.05, 3.63) is 59.7 Å². The summed E-state index contributed by atoms with van der Waals surface area (Å²) in [6, 6.07) is 13.4. The van der Waals surface area contributed by atoms with E-state index in [-0.39, 0.29) is 12.2 Å². The highest BCUT2D eigenvalue weighted by atomic mass is 16.5. The van der Waals surface area contributed by atoms with Crippen molar-refractivity contribution < 1.29 is 14.6 Å². The molecule has 4 nitrogen and oxygen atoms in total. The van der Waals surface area contributed by atoms with Gasteiger partial charge in [-0.1, -0.05) is 11.8 Å². The number of hydrogen-bond donors (Lipinski definition) is 2. The van der Waals surface area contributed by atoms with E-state index in [2.05, 4.69) is 11.8 Å². The van der Waals surface area contributed by atoms with Crippen molar-refractivity contribution in [1.29, 1.82) is 0 Å².